The van der Waals surface area contributed by atoms with Crippen molar-refractivity contribution in [2.75, 3.05) is 58.2 Å². The summed E-state index contributed by atoms with van der Waals surface area (Å²) in [6.45, 7) is 7.00. The number of likely N-dealkylation sites (tertiary alicyclic amines) is 1. The molecule has 1 aromatic rings. The number of nitro benzene ring substituents is 1. The second kappa shape index (κ2) is 10.0. The van der Waals surface area contributed by atoms with Crippen LogP contribution in [0, 0.1) is 10.1 Å². The summed E-state index contributed by atoms with van der Waals surface area (Å²) in [5, 5.41) is 14.7. The number of piperazine rings is 1. The molecule has 1 atom stereocenters. The SMILES string of the molecule is C[C@H]1CCCCN1CCCNc1ccc(S(=O)(=O)N2CCN(C)CC2)cc1[N+](=O)[O-]. The van der Waals surface area contributed by atoms with Gasteiger partial charge in [-0.1, -0.05) is 6.42 Å². The minimum absolute atomic E-state index is 0.0218. The summed E-state index contributed by atoms with van der Waals surface area (Å²) in [4.78, 5) is 15.6. The average Bonchev–Trinajstić information content (AvgIpc) is 2.72. The summed E-state index contributed by atoms with van der Waals surface area (Å²) >= 11 is 0. The third-order valence-corrected chi connectivity index (χ3v) is 8.04. The first kappa shape index (κ1) is 22.9. The van der Waals surface area contributed by atoms with Gasteiger partial charge >= 0.3 is 0 Å². The van der Waals surface area contributed by atoms with E-state index >= 15 is 0 Å². The third kappa shape index (κ3) is 5.48. The molecular formula is C20H33N5O4S. The standard InChI is InChI=1S/C20H33N5O4S/c1-17-6-3-4-10-23(17)11-5-9-21-19-8-7-18(16-20(19)25(26)27)30(28,29)24-14-12-22(2)13-15-24/h7-8,16-17,21H,3-6,9-15H2,1-2H3/t17-/m0/s1. The van der Waals surface area contributed by atoms with E-state index in [2.05, 4.69) is 22.0 Å². The summed E-state index contributed by atoms with van der Waals surface area (Å²) in [6, 6.07) is 4.76. The molecule has 1 N–H and O–H groups in total. The van der Waals surface area contributed by atoms with E-state index in [1.54, 1.807) is 0 Å². The molecule has 2 aliphatic rings. The molecule has 1 aromatic carbocycles. The molecule has 2 aliphatic heterocycles. The van der Waals surface area contributed by atoms with Crippen molar-refractivity contribution in [2.24, 2.45) is 0 Å². The van der Waals surface area contributed by atoms with Crippen LogP contribution in [-0.4, -0.2) is 86.3 Å². The Balaban J connectivity index is 1.64. The number of nitrogens with one attached hydrogen (secondary N) is 1. The Morgan fingerprint density at radius 2 is 1.90 bits per heavy atom. The molecule has 0 aliphatic carbocycles. The van der Waals surface area contributed by atoms with Crippen LogP contribution in [0.4, 0.5) is 11.4 Å². The number of benzene rings is 1. The van der Waals surface area contributed by atoms with Gasteiger partial charge < -0.3 is 15.1 Å². The van der Waals surface area contributed by atoms with Crippen LogP contribution in [0.2, 0.25) is 0 Å². The summed E-state index contributed by atoms with van der Waals surface area (Å²) < 4.78 is 27.2. The Morgan fingerprint density at radius 1 is 1.17 bits per heavy atom. The molecule has 2 saturated heterocycles. The molecule has 9 nitrogen and oxygen atoms in total. The second-order valence-corrected chi connectivity index (χ2v) is 10.2. The Labute approximate surface area is 179 Å². The molecule has 2 fully saturated rings. The molecule has 0 radical (unpaired) electrons. The van der Waals surface area contributed by atoms with Gasteiger partial charge in [0.05, 0.1) is 9.82 Å². The van der Waals surface area contributed by atoms with Gasteiger partial charge in [-0.2, -0.15) is 4.31 Å². The zero-order chi connectivity index (χ0) is 21.7. The Morgan fingerprint density at radius 3 is 2.57 bits per heavy atom. The van der Waals surface area contributed by atoms with Crippen LogP contribution < -0.4 is 5.32 Å². The number of piperidine rings is 1. The van der Waals surface area contributed by atoms with Gasteiger partial charge in [0, 0.05) is 51.4 Å². The molecule has 2 heterocycles. The molecule has 0 unspecified atom stereocenters. The van der Waals surface area contributed by atoms with Crippen molar-refractivity contribution in [3.05, 3.63) is 28.3 Å². The highest BCUT2D eigenvalue weighted by atomic mass is 32.2. The number of anilines is 1. The topological polar surface area (TPSA) is 99.0 Å². The van der Waals surface area contributed by atoms with E-state index in [-0.39, 0.29) is 10.6 Å². The number of hydrogen-bond donors (Lipinski definition) is 1. The number of nitrogens with zero attached hydrogens (tertiary/aromatic N) is 4. The van der Waals surface area contributed by atoms with Crippen LogP contribution >= 0.6 is 0 Å². The summed E-state index contributed by atoms with van der Waals surface area (Å²) in [5.74, 6) is 0. The first-order valence-electron chi connectivity index (χ1n) is 10.7. The van der Waals surface area contributed by atoms with Crippen molar-refractivity contribution in [2.45, 2.75) is 43.5 Å². The van der Waals surface area contributed by atoms with Crippen molar-refractivity contribution in [1.82, 2.24) is 14.1 Å². The van der Waals surface area contributed by atoms with E-state index in [9.17, 15) is 18.5 Å². The van der Waals surface area contributed by atoms with Crippen molar-refractivity contribution in [1.29, 1.82) is 0 Å². The quantitative estimate of drug-likeness (QED) is 0.377. The molecule has 0 saturated carbocycles. The Hall–Kier alpha value is -1.75. The lowest BCUT2D eigenvalue weighted by Gasteiger charge is -2.33. The Kier molecular flexibility index (Phi) is 7.67. The van der Waals surface area contributed by atoms with Crippen molar-refractivity contribution in [3.8, 4) is 0 Å². The fraction of sp³-hybridized carbons (Fsp3) is 0.700. The molecule has 0 spiro atoms. The fourth-order valence-corrected chi connectivity index (χ4v) is 5.59. The number of rotatable bonds is 8. The van der Waals surface area contributed by atoms with Gasteiger partial charge in [0.2, 0.25) is 10.0 Å². The smallest absolute Gasteiger partial charge is 0.293 e. The maximum absolute atomic E-state index is 12.9. The summed E-state index contributed by atoms with van der Waals surface area (Å²) in [6.07, 6.45) is 4.61. The monoisotopic (exact) mass is 439 g/mol. The van der Waals surface area contributed by atoms with Crippen LogP contribution in [0.1, 0.15) is 32.6 Å². The van der Waals surface area contributed by atoms with Crippen LogP contribution in [0.5, 0.6) is 0 Å². The van der Waals surface area contributed by atoms with Gasteiger partial charge in [0.25, 0.3) is 5.69 Å². The molecule has 0 aromatic heterocycles. The van der Waals surface area contributed by atoms with Gasteiger partial charge in [0.1, 0.15) is 5.69 Å². The number of nitro groups is 1. The number of hydrogen-bond acceptors (Lipinski definition) is 7. The average molecular weight is 440 g/mol. The van der Waals surface area contributed by atoms with Crippen LogP contribution in [0.3, 0.4) is 0 Å². The summed E-state index contributed by atoms with van der Waals surface area (Å²) in [7, 11) is -1.79. The van der Waals surface area contributed by atoms with Crippen molar-refractivity contribution >= 4 is 21.4 Å². The van der Waals surface area contributed by atoms with Crippen molar-refractivity contribution < 1.29 is 13.3 Å². The largest absolute Gasteiger partial charge is 0.379 e. The number of likely N-dealkylation sites (N-methyl/N-ethyl adjacent to an activating group) is 1. The minimum Gasteiger partial charge on any atom is -0.379 e. The highest BCUT2D eigenvalue weighted by molar-refractivity contribution is 7.89. The maximum Gasteiger partial charge on any atom is 0.293 e. The Bertz CT molecular complexity index is 840. The zero-order valence-corrected chi connectivity index (χ0v) is 18.7. The van der Waals surface area contributed by atoms with Gasteiger partial charge in [0.15, 0.2) is 0 Å². The van der Waals surface area contributed by atoms with E-state index in [4.69, 9.17) is 0 Å². The molecule has 168 valence electrons. The predicted molar refractivity (Wildman–Crippen MR) is 117 cm³/mol. The van der Waals surface area contributed by atoms with Gasteiger partial charge in [-0.15, -0.1) is 0 Å². The molecule has 3 rings (SSSR count). The fourth-order valence-electron chi connectivity index (χ4n) is 4.14. The van der Waals surface area contributed by atoms with E-state index in [1.165, 1.54) is 41.8 Å². The lowest BCUT2D eigenvalue weighted by atomic mass is 10.0. The van der Waals surface area contributed by atoms with Gasteiger partial charge in [-0.05, 0) is 51.9 Å². The zero-order valence-electron chi connectivity index (χ0n) is 17.9. The molecule has 30 heavy (non-hydrogen) atoms. The van der Waals surface area contributed by atoms with E-state index in [0.29, 0.717) is 44.5 Å². The molecule has 0 amide bonds. The lowest BCUT2D eigenvalue weighted by Crippen LogP contribution is -2.47. The first-order chi connectivity index (χ1) is 14.3. The van der Waals surface area contributed by atoms with Crippen LogP contribution in [-0.2, 0) is 10.0 Å². The first-order valence-corrected chi connectivity index (χ1v) is 12.2. The van der Waals surface area contributed by atoms with E-state index < -0.39 is 14.9 Å². The summed E-state index contributed by atoms with van der Waals surface area (Å²) in [5.41, 5.74) is 0.167. The molecular weight excluding hydrogens is 406 g/mol. The van der Waals surface area contributed by atoms with Gasteiger partial charge in [-0.25, -0.2) is 8.42 Å². The third-order valence-electron chi connectivity index (χ3n) is 6.14. The highest BCUT2D eigenvalue weighted by Crippen LogP contribution is 2.29. The maximum atomic E-state index is 12.9. The van der Waals surface area contributed by atoms with Crippen LogP contribution in [0.25, 0.3) is 0 Å². The van der Waals surface area contributed by atoms with E-state index in [0.717, 1.165) is 19.5 Å². The number of sulfonamides is 1. The van der Waals surface area contributed by atoms with Gasteiger partial charge in [-0.3, -0.25) is 10.1 Å². The van der Waals surface area contributed by atoms with Crippen molar-refractivity contribution in [3.63, 3.8) is 0 Å². The molecule has 0 bridgehead atoms. The molecule has 10 heteroatoms. The second-order valence-electron chi connectivity index (χ2n) is 8.30. The minimum atomic E-state index is -3.74. The van der Waals surface area contributed by atoms with Crippen LogP contribution in [0.15, 0.2) is 23.1 Å². The highest BCUT2D eigenvalue weighted by Gasteiger charge is 2.29. The van der Waals surface area contributed by atoms with E-state index in [1.807, 2.05) is 7.05 Å². The predicted octanol–water partition coefficient (Wildman–Crippen LogP) is 2.21. The lowest BCUT2D eigenvalue weighted by molar-refractivity contribution is -0.384. The normalized spacial score (nSPS) is 22.1.